The van der Waals surface area contributed by atoms with Crippen LogP contribution in [0.1, 0.15) is 5.56 Å². The Bertz CT molecular complexity index is 434. The van der Waals surface area contributed by atoms with Crippen molar-refractivity contribution >= 4 is 5.97 Å². The molecule has 0 unspecified atom stereocenters. The zero-order valence-corrected chi connectivity index (χ0v) is 7.67. The molecule has 0 spiro atoms. The molecule has 1 rings (SSSR count). The fraction of sp³-hybridized carbons (Fsp3) is 0.100. The van der Waals surface area contributed by atoms with E-state index in [1.54, 1.807) is 0 Å². The van der Waals surface area contributed by atoms with E-state index in [1.807, 2.05) is 5.92 Å². The van der Waals surface area contributed by atoms with E-state index in [0.717, 1.165) is 19.2 Å². The van der Waals surface area contributed by atoms with E-state index in [1.165, 1.54) is 0 Å². The van der Waals surface area contributed by atoms with Gasteiger partial charge in [0, 0.05) is 11.5 Å². The van der Waals surface area contributed by atoms with Gasteiger partial charge in [-0.3, -0.25) is 0 Å². The van der Waals surface area contributed by atoms with Gasteiger partial charge in [-0.2, -0.15) is 0 Å². The first-order valence-electron chi connectivity index (χ1n) is 3.82. The minimum absolute atomic E-state index is 0.0619. The van der Waals surface area contributed by atoms with E-state index < -0.39 is 23.4 Å². The van der Waals surface area contributed by atoms with Crippen LogP contribution in [0.15, 0.2) is 12.1 Å². The molecule has 78 valence electrons. The summed E-state index contributed by atoms with van der Waals surface area (Å²) in [7, 11) is 1.13. The lowest BCUT2D eigenvalue weighted by Crippen LogP contribution is -1.94. The summed E-state index contributed by atoms with van der Waals surface area (Å²) in [5, 5.41) is 8.76. The molecule has 1 aromatic rings. The van der Waals surface area contributed by atoms with Crippen molar-refractivity contribution in [2.45, 2.75) is 0 Å². The summed E-state index contributed by atoms with van der Waals surface area (Å²) in [5.41, 5.74) is -0.0619. The lowest BCUT2D eigenvalue weighted by Gasteiger charge is -1.97. The molecule has 0 radical (unpaired) electrons. The Balaban J connectivity index is 3.06. The Kier molecular flexibility index (Phi) is 3.24. The number of benzene rings is 1. The molecule has 0 aromatic heterocycles. The molecule has 0 saturated carbocycles. The van der Waals surface area contributed by atoms with Crippen LogP contribution < -0.4 is 0 Å². The van der Waals surface area contributed by atoms with Gasteiger partial charge in [0.15, 0.2) is 17.4 Å². The van der Waals surface area contributed by atoms with Crippen LogP contribution in [0.3, 0.4) is 0 Å². The first-order valence-corrected chi connectivity index (χ1v) is 3.82. The second-order valence-electron chi connectivity index (χ2n) is 2.53. The third-order valence-corrected chi connectivity index (χ3v) is 1.51. The third kappa shape index (κ3) is 2.68. The van der Waals surface area contributed by atoms with Gasteiger partial charge in [0.05, 0.1) is 7.11 Å². The highest BCUT2D eigenvalue weighted by atomic mass is 19.1. The van der Waals surface area contributed by atoms with Crippen LogP contribution in [0.4, 0.5) is 8.78 Å². The highest BCUT2D eigenvalue weighted by Gasteiger charge is 2.08. The molecule has 0 bridgehead atoms. The van der Waals surface area contributed by atoms with Gasteiger partial charge in [0.1, 0.15) is 0 Å². The molecule has 0 aliphatic carbocycles. The van der Waals surface area contributed by atoms with Crippen molar-refractivity contribution in [1.82, 2.24) is 0 Å². The maximum atomic E-state index is 12.8. The highest BCUT2D eigenvalue weighted by Crippen LogP contribution is 2.20. The highest BCUT2D eigenvalue weighted by molar-refractivity contribution is 5.89. The van der Waals surface area contributed by atoms with Gasteiger partial charge in [0.2, 0.25) is 0 Å². The molecule has 1 N–H and O–H groups in total. The molecule has 0 aliphatic rings. The van der Waals surface area contributed by atoms with E-state index in [-0.39, 0.29) is 5.56 Å². The largest absolute Gasteiger partial charge is 0.503 e. The average Bonchev–Trinajstić information content (AvgIpc) is 2.22. The number of hydrogen-bond acceptors (Lipinski definition) is 3. The normalized spacial score (nSPS) is 9.00. The van der Waals surface area contributed by atoms with Crippen molar-refractivity contribution in [1.29, 1.82) is 0 Å². The number of carbonyl (C=O) groups excluding carboxylic acids is 1. The summed E-state index contributed by atoms with van der Waals surface area (Å²) in [5.74, 6) is 0.0283. The van der Waals surface area contributed by atoms with Crippen LogP contribution in [-0.4, -0.2) is 18.2 Å². The van der Waals surface area contributed by atoms with Crippen molar-refractivity contribution < 1.29 is 23.4 Å². The number of halogens is 2. The molecule has 1 aromatic carbocycles. The predicted octanol–water partition coefficient (Wildman–Crippen LogP) is 1.19. The summed E-state index contributed by atoms with van der Waals surface area (Å²) in [6.07, 6.45) is 0. The minimum Gasteiger partial charge on any atom is -0.503 e. The predicted molar refractivity (Wildman–Crippen MR) is 46.9 cm³/mol. The van der Waals surface area contributed by atoms with Gasteiger partial charge in [-0.15, -0.1) is 0 Å². The quantitative estimate of drug-likeness (QED) is 0.519. The van der Waals surface area contributed by atoms with Gasteiger partial charge in [-0.05, 0) is 12.1 Å². The van der Waals surface area contributed by atoms with E-state index in [2.05, 4.69) is 10.7 Å². The molecule has 0 atom stereocenters. The number of aromatic hydroxyl groups is 1. The molecule has 0 amide bonds. The van der Waals surface area contributed by atoms with Crippen LogP contribution in [0, 0.1) is 23.5 Å². The van der Waals surface area contributed by atoms with Gasteiger partial charge in [-0.1, -0.05) is 5.92 Å². The zero-order chi connectivity index (χ0) is 11.4. The van der Waals surface area contributed by atoms with Crippen molar-refractivity contribution in [2.75, 3.05) is 7.11 Å². The fourth-order valence-electron chi connectivity index (χ4n) is 0.812. The molecular formula is C10H6F2O3. The van der Waals surface area contributed by atoms with Gasteiger partial charge >= 0.3 is 5.97 Å². The Morgan fingerprint density at radius 1 is 1.40 bits per heavy atom. The number of hydrogen-bond donors (Lipinski definition) is 1. The summed E-state index contributed by atoms with van der Waals surface area (Å²) in [4.78, 5) is 10.6. The lowest BCUT2D eigenvalue weighted by molar-refractivity contribution is -0.133. The number of phenols is 1. The molecule has 0 heterocycles. The summed E-state index contributed by atoms with van der Waals surface area (Å²) < 4.78 is 29.8. The summed E-state index contributed by atoms with van der Waals surface area (Å²) in [6, 6.07) is 1.63. The Labute approximate surface area is 84.3 Å². The maximum absolute atomic E-state index is 12.8. The summed E-state index contributed by atoms with van der Waals surface area (Å²) in [6.45, 7) is 0. The van der Waals surface area contributed by atoms with E-state index in [4.69, 9.17) is 5.11 Å². The third-order valence-electron chi connectivity index (χ3n) is 1.51. The van der Waals surface area contributed by atoms with Gasteiger partial charge in [-0.25, -0.2) is 13.6 Å². The standard InChI is InChI=1S/C10H6F2O3/c1-15-9(13)3-2-6-4-7(11)10(14)8(12)5-6/h4-5,14H,1H3. The van der Waals surface area contributed by atoms with Gasteiger partial charge in [0.25, 0.3) is 0 Å². The Hall–Kier alpha value is -2.09. The Morgan fingerprint density at radius 2 is 1.93 bits per heavy atom. The second kappa shape index (κ2) is 4.42. The lowest BCUT2D eigenvalue weighted by atomic mass is 10.2. The number of ether oxygens (including phenoxy) is 1. The van der Waals surface area contributed by atoms with Crippen LogP contribution in [0.25, 0.3) is 0 Å². The smallest absolute Gasteiger partial charge is 0.384 e. The van der Waals surface area contributed by atoms with Crippen molar-refractivity contribution in [3.05, 3.63) is 29.3 Å². The number of carbonyl (C=O) groups is 1. The fourth-order valence-corrected chi connectivity index (χ4v) is 0.812. The molecule has 15 heavy (non-hydrogen) atoms. The molecule has 0 saturated heterocycles. The molecule has 0 fully saturated rings. The molecule has 0 aliphatic heterocycles. The van der Waals surface area contributed by atoms with Crippen LogP contribution >= 0.6 is 0 Å². The maximum Gasteiger partial charge on any atom is 0.384 e. The van der Waals surface area contributed by atoms with Crippen molar-refractivity contribution in [2.24, 2.45) is 0 Å². The molecular weight excluding hydrogens is 206 g/mol. The van der Waals surface area contributed by atoms with Crippen molar-refractivity contribution in [3.63, 3.8) is 0 Å². The monoisotopic (exact) mass is 212 g/mol. The topological polar surface area (TPSA) is 46.5 Å². The first kappa shape index (κ1) is 11.0. The minimum atomic E-state index is -1.14. The first-order chi connectivity index (χ1) is 7.04. The van der Waals surface area contributed by atoms with Gasteiger partial charge < -0.3 is 9.84 Å². The van der Waals surface area contributed by atoms with Crippen LogP contribution in [0.2, 0.25) is 0 Å². The number of esters is 1. The van der Waals surface area contributed by atoms with E-state index >= 15 is 0 Å². The van der Waals surface area contributed by atoms with E-state index in [0.29, 0.717) is 0 Å². The summed E-state index contributed by atoms with van der Waals surface area (Å²) >= 11 is 0. The van der Waals surface area contributed by atoms with Crippen LogP contribution in [-0.2, 0) is 9.53 Å². The number of rotatable bonds is 0. The number of methoxy groups -OCH3 is 1. The van der Waals surface area contributed by atoms with Crippen molar-refractivity contribution in [3.8, 4) is 17.6 Å². The Morgan fingerprint density at radius 3 is 2.40 bits per heavy atom. The average molecular weight is 212 g/mol. The molecule has 3 nitrogen and oxygen atoms in total. The van der Waals surface area contributed by atoms with E-state index in [9.17, 15) is 13.6 Å². The molecule has 5 heteroatoms. The zero-order valence-electron chi connectivity index (χ0n) is 7.67. The second-order valence-corrected chi connectivity index (χ2v) is 2.53. The SMILES string of the molecule is COC(=O)C#Cc1cc(F)c(O)c(F)c1. The number of phenolic OH excluding ortho intramolecular Hbond substituents is 1. The van der Waals surface area contributed by atoms with Crippen LogP contribution in [0.5, 0.6) is 5.75 Å².